The van der Waals surface area contributed by atoms with Gasteiger partial charge in [0, 0.05) is 18.4 Å². The number of aliphatic hydroxyl groups is 1. The summed E-state index contributed by atoms with van der Waals surface area (Å²) in [6.45, 7) is 5.25. The van der Waals surface area contributed by atoms with E-state index in [4.69, 9.17) is 19.7 Å². The van der Waals surface area contributed by atoms with Gasteiger partial charge in [-0.05, 0) is 19.8 Å². The summed E-state index contributed by atoms with van der Waals surface area (Å²) in [7, 11) is 0. The monoisotopic (exact) mass is 258 g/mol. The molecule has 0 radical (unpaired) electrons. The molecule has 1 saturated carbocycles. The van der Waals surface area contributed by atoms with E-state index < -0.39 is 5.97 Å². The highest BCUT2D eigenvalue weighted by Crippen LogP contribution is 2.37. The Labute approximate surface area is 107 Å². The van der Waals surface area contributed by atoms with E-state index in [1.54, 1.807) is 0 Å². The molecule has 2 fully saturated rings. The fourth-order valence-corrected chi connectivity index (χ4v) is 2.06. The van der Waals surface area contributed by atoms with Crippen LogP contribution >= 0.6 is 0 Å². The minimum Gasteiger partial charge on any atom is -0.478 e. The van der Waals surface area contributed by atoms with Crippen LogP contribution < -0.4 is 0 Å². The molecule has 2 N–H and O–H groups in total. The summed E-state index contributed by atoms with van der Waals surface area (Å²) in [5.41, 5.74) is 0.176. The van der Waals surface area contributed by atoms with Crippen LogP contribution in [0.25, 0.3) is 0 Å². The molecule has 0 aromatic carbocycles. The van der Waals surface area contributed by atoms with E-state index in [-0.39, 0.29) is 24.1 Å². The molecule has 1 aliphatic carbocycles. The van der Waals surface area contributed by atoms with Crippen molar-refractivity contribution < 1.29 is 24.5 Å². The molecule has 104 valence electrons. The molecule has 1 heterocycles. The Morgan fingerprint density at radius 3 is 2.33 bits per heavy atom. The first-order chi connectivity index (χ1) is 8.49. The van der Waals surface area contributed by atoms with Gasteiger partial charge in [-0.2, -0.15) is 0 Å². The van der Waals surface area contributed by atoms with Crippen LogP contribution in [0.3, 0.4) is 0 Å². The molecular formula is C13H22O5. The standard InChI is InChI=1S/C9H16O3.C4H6O2/c10-6-8-7-11-9(12-8)4-2-1-3-5-9;1-3(2)4(5)6/h8,10H,1-7H2;1H2,2H3,(H,5,6). The van der Waals surface area contributed by atoms with Crippen molar-refractivity contribution in [1.82, 2.24) is 0 Å². The zero-order chi connectivity index (χ0) is 13.6. The van der Waals surface area contributed by atoms with Crippen molar-refractivity contribution in [2.75, 3.05) is 13.2 Å². The molecule has 1 aliphatic heterocycles. The molecule has 0 aromatic heterocycles. The molecule has 1 saturated heterocycles. The third-order valence-electron chi connectivity index (χ3n) is 3.10. The predicted molar refractivity (Wildman–Crippen MR) is 66.2 cm³/mol. The van der Waals surface area contributed by atoms with Crippen LogP contribution in [0, 0.1) is 0 Å². The van der Waals surface area contributed by atoms with Crippen molar-refractivity contribution in [3.63, 3.8) is 0 Å². The van der Waals surface area contributed by atoms with Crippen LogP contribution in [-0.4, -0.2) is 41.3 Å². The van der Waals surface area contributed by atoms with E-state index in [1.807, 2.05) is 0 Å². The normalized spacial score (nSPS) is 25.3. The zero-order valence-corrected chi connectivity index (χ0v) is 10.9. The Morgan fingerprint density at radius 2 is 1.94 bits per heavy atom. The van der Waals surface area contributed by atoms with Gasteiger partial charge >= 0.3 is 5.97 Å². The molecule has 2 aliphatic rings. The van der Waals surface area contributed by atoms with Crippen LogP contribution in [0.15, 0.2) is 12.2 Å². The first-order valence-corrected chi connectivity index (χ1v) is 6.30. The van der Waals surface area contributed by atoms with Crippen LogP contribution in [0.1, 0.15) is 39.0 Å². The largest absolute Gasteiger partial charge is 0.478 e. The van der Waals surface area contributed by atoms with Gasteiger partial charge in [0.25, 0.3) is 0 Å². The molecule has 5 heteroatoms. The Balaban J connectivity index is 0.000000232. The highest BCUT2D eigenvalue weighted by Gasteiger charge is 2.41. The SMILES string of the molecule is C=C(C)C(=O)O.OCC1COC2(CCCCC2)O1. The first kappa shape index (κ1) is 15.1. The van der Waals surface area contributed by atoms with Gasteiger partial charge in [0.1, 0.15) is 6.10 Å². The third-order valence-corrected chi connectivity index (χ3v) is 3.10. The molecule has 1 unspecified atom stereocenters. The molecule has 0 aromatic rings. The number of ether oxygens (including phenoxy) is 2. The van der Waals surface area contributed by atoms with Gasteiger partial charge in [0.05, 0.1) is 13.2 Å². The van der Waals surface area contributed by atoms with E-state index >= 15 is 0 Å². The number of hydrogen-bond acceptors (Lipinski definition) is 4. The summed E-state index contributed by atoms with van der Waals surface area (Å²) in [5, 5.41) is 16.8. The Morgan fingerprint density at radius 1 is 1.39 bits per heavy atom. The van der Waals surface area contributed by atoms with Gasteiger partial charge in [0.15, 0.2) is 5.79 Å². The zero-order valence-electron chi connectivity index (χ0n) is 10.9. The molecule has 18 heavy (non-hydrogen) atoms. The van der Waals surface area contributed by atoms with Gasteiger partial charge in [-0.1, -0.05) is 13.0 Å². The minimum absolute atomic E-state index is 0.0805. The minimum atomic E-state index is -0.935. The van der Waals surface area contributed by atoms with Crippen LogP contribution in [0.2, 0.25) is 0 Å². The molecular weight excluding hydrogens is 236 g/mol. The lowest BCUT2D eigenvalue weighted by molar-refractivity contribution is -0.189. The van der Waals surface area contributed by atoms with Crippen molar-refractivity contribution >= 4 is 5.97 Å². The average molecular weight is 258 g/mol. The molecule has 1 atom stereocenters. The molecule has 0 amide bonds. The summed E-state index contributed by atoms with van der Waals surface area (Å²) >= 11 is 0. The molecule has 1 spiro atoms. The number of hydrogen-bond donors (Lipinski definition) is 2. The van der Waals surface area contributed by atoms with Crippen LogP contribution in [0.5, 0.6) is 0 Å². The summed E-state index contributed by atoms with van der Waals surface area (Å²) in [4.78, 5) is 9.60. The highest BCUT2D eigenvalue weighted by molar-refractivity contribution is 5.84. The number of aliphatic hydroxyl groups excluding tert-OH is 1. The maximum atomic E-state index is 9.60. The third kappa shape index (κ3) is 4.40. The fraction of sp³-hybridized carbons (Fsp3) is 0.769. The topological polar surface area (TPSA) is 76.0 Å². The lowest BCUT2D eigenvalue weighted by Gasteiger charge is -2.31. The van der Waals surface area contributed by atoms with Crippen molar-refractivity contribution in [3.05, 3.63) is 12.2 Å². The van der Waals surface area contributed by atoms with E-state index in [1.165, 1.54) is 26.2 Å². The van der Waals surface area contributed by atoms with Gasteiger partial charge in [-0.15, -0.1) is 0 Å². The highest BCUT2D eigenvalue weighted by atomic mass is 16.7. The lowest BCUT2D eigenvalue weighted by Crippen LogP contribution is -2.33. The van der Waals surface area contributed by atoms with Crippen molar-refractivity contribution in [1.29, 1.82) is 0 Å². The summed E-state index contributed by atoms with van der Waals surface area (Å²) in [6, 6.07) is 0. The maximum absolute atomic E-state index is 9.60. The Hall–Kier alpha value is -0.910. The quantitative estimate of drug-likeness (QED) is 0.737. The molecule has 2 rings (SSSR count). The Kier molecular flexibility index (Phi) is 5.78. The van der Waals surface area contributed by atoms with Crippen LogP contribution in [0.4, 0.5) is 0 Å². The Bertz CT molecular complexity index is 282. The summed E-state index contributed by atoms with van der Waals surface area (Å²) < 4.78 is 11.3. The predicted octanol–water partition coefficient (Wildman–Crippen LogP) is 1.70. The van der Waals surface area contributed by atoms with E-state index in [2.05, 4.69) is 6.58 Å². The van der Waals surface area contributed by atoms with Gasteiger partial charge in [0.2, 0.25) is 0 Å². The number of carbonyl (C=O) groups is 1. The number of aliphatic carboxylic acids is 1. The number of carboxylic acids is 1. The lowest BCUT2D eigenvalue weighted by atomic mass is 9.94. The van der Waals surface area contributed by atoms with E-state index in [0.29, 0.717) is 6.61 Å². The average Bonchev–Trinajstić information content (AvgIpc) is 2.74. The van der Waals surface area contributed by atoms with Crippen molar-refractivity contribution in [2.45, 2.75) is 50.9 Å². The van der Waals surface area contributed by atoms with Gasteiger partial charge in [-0.25, -0.2) is 4.79 Å². The van der Waals surface area contributed by atoms with E-state index in [9.17, 15) is 4.79 Å². The number of carboxylic acid groups (broad SMARTS) is 1. The second-order valence-corrected chi connectivity index (χ2v) is 4.79. The smallest absolute Gasteiger partial charge is 0.330 e. The molecule has 0 bridgehead atoms. The second kappa shape index (κ2) is 6.87. The van der Waals surface area contributed by atoms with Gasteiger partial charge < -0.3 is 19.7 Å². The van der Waals surface area contributed by atoms with Gasteiger partial charge in [-0.3, -0.25) is 0 Å². The van der Waals surface area contributed by atoms with E-state index in [0.717, 1.165) is 12.8 Å². The number of rotatable bonds is 2. The van der Waals surface area contributed by atoms with Crippen LogP contribution in [-0.2, 0) is 14.3 Å². The second-order valence-electron chi connectivity index (χ2n) is 4.79. The summed E-state index contributed by atoms with van der Waals surface area (Å²) in [5.74, 6) is -1.25. The fourth-order valence-electron chi connectivity index (χ4n) is 2.06. The maximum Gasteiger partial charge on any atom is 0.330 e. The molecule has 5 nitrogen and oxygen atoms in total. The van der Waals surface area contributed by atoms with Crippen molar-refractivity contribution in [2.24, 2.45) is 0 Å². The van der Waals surface area contributed by atoms with Crippen molar-refractivity contribution in [3.8, 4) is 0 Å². The summed E-state index contributed by atoms with van der Waals surface area (Å²) in [6.07, 6.45) is 5.60. The first-order valence-electron chi connectivity index (χ1n) is 6.30.